The van der Waals surface area contributed by atoms with Crippen LogP contribution in [0.5, 0.6) is 5.75 Å². The Morgan fingerprint density at radius 3 is 2.57 bits per heavy atom. The van der Waals surface area contributed by atoms with Crippen LogP contribution in [0.2, 0.25) is 0 Å². The van der Waals surface area contributed by atoms with Crippen LogP contribution in [0.3, 0.4) is 0 Å². The first kappa shape index (κ1) is 19.4. The standard InChI is InChI=1S/C23H20N2O2S/c1-17-4-9-19(10-5-17)23(21-3-2-16-28-21)25-22(26)13-8-18-6-11-20(12-7-18)27-15-14-24/h2-13,16,23H,15H2,1H3,(H,25,26)/b13-8+. The Kier molecular flexibility index (Phi) is 6.61. The SMILES string of the molecule is Cc1ccc(C(NC(=O)/C=C/c2ccc(OCC#N)cc2)c2cccs2)cc1. The van der Waals surface area contributed by atoms with Crippen LogP contribution in [0.4, 0.5) is 0 Å². The van der Waals surface area contributed by atoms with E-state index in [1.54, 1.807) is 29.5 Å². The van der Waals surface area contributed by atoms with Crippen LogP contribution < -0.4 is 10.1 Å². The van der Waals surface area contributed by atoms with Gasteiger partial charge in [-0.05, 0) is 47.7 Å². The minimum atomic E-state index is -0.181. The molecule has 5 heteroatoms. The molecular formula is C23H20N2O2S. The molecule has 0 bridgehead atoms. The van der Waals surface area contributed by atoms with E-state index in [0.717, 1.165) is 16.0 Å². The van der Waals surface area contributed by atoms with E-state index in [1.165, 1.54) is 11.6 Å². The van der Waals surface area contributed by atoms with Gasteiger partial charge in [-0.25, -0.2) is 0 Å². The predicted molar refractivity (Wildman–Crippen MR) is 112 cm³/mol. The van der Waals surface area contributed by atoms with Gasteiger partial charge in [-0.2, -0.15) is 5.26 Å². The van der Waals surface area contributed by atoms with E-state index < -0.39 is 0 Å². The van der Waals surface area contributed by atoms with Gasteiger partial charge in [0.1, 0.15) is 11.8 Å². The molecule has 1 amide bonds. The monoisotopic (exact) mass is 388 g/mol. The third-order valence-electron chi connectivity index (χ3n) is 4.14. The second-order valence-corrected chi connectivity index (χ2v) is 7.20. The van der Waals surface area contributed by atoms with Crippen molar-refractivity contribution < 1.29 is 9.53 Å². The molecule has 0 spiro atoms. The molecule has 0 aliphatic heterocycles. The van der Waals surface area contributed by atoms with Crippen molar-refractivity contribution in [2.45, 2.75) is 13.0 Å². The van der Waals surface area contributed by atoms with Gasteiger partial charge >= 0.3 is 0 Å². The molecule has 140 valence electrons. The summed E-state index contributed by atoms with van der Waals surface area (Å²) in [7, 11) is 0. The lowest BCUT2D eigenvalue weighted by Crippen LogP contribution is -2.27. The summed E-state index contributed by atoms with van der Waals surface area (Å²) >= 11 is 1.62. The van der Waals surface area contributed by atoms with Gasteiger partial charge in [-0.3, -0.25) is 4.79 Å². The van der Waals surface area contributed by atoms with Gasteiger partial charge in [-0.15, -0.1) is 11.3 Å². The van der Waals surface area contributed by atoms with E-state index in [1.807, 2.05) is 66.9 Å². The number of carbonyl (C=O) groups excluding carboxylic acids is 1. The summed E-state index contributed by atoms with van der Waals surface area (Å²) in [6.07, 6.45) is 3.28. The van der Waals surface area contributed by atoms with Crippen molar-refractivity contribution in [2.24, 2.45) is 0 Å². The fourth-order valence-corrected chi connectivity index (χ4v) is 3.49. The summed E-state index contributed by atoms with van der Waals surface area (Å²) in [6.45, 7) is 2.06. The molecule has 1 unspecified atom stereocenters. The largest absolute Gasteiger partial charge is 0.479 e. The van der Waals surface area contributed by atoms with Crippen molar-refractivity contribution in [1.29, 1.82) is 5.26 Å². The third-order valence-corrected chi connectivity index (χ3v) is 5.07. The van der Waals surface area contributed by atoms with Gasteiger partial charge in [-0.1, -0.05) is 48.0 Å². The number of ether oxygens (including phenoxy) is 1. The summed E-state index contributed by atoms with van der Waals surface area (Å²) < 4.78 is 5.22. The molecule has 3 rings (SSSR count). The first-order valence-electron chi connectivity index (χ1n) is 8.84. The van der Waals surface area contributed by atoms with Gasteiger partial charge < -0.3 is 10.1 Å². The zero-order chi connectivity index (χ0) is 19.8. The summed E-state index contributed by atoms with van der Waals surface area (Å²) in [5.74, 6) is 0.462. The summed E-state index contributed by atoms with van der Waals surface area (Å²) in [5, 5.41) is 13.6. The van der Waals surface area contributed by atoms with Crippen molar-refractivity contribution in [1.82, 2.24) is 5.32 Å². The summed E-state index contributed by atoms with van der Waals surface area (Å²) in [4.78, 5) is 13.6. The van der Waals surface area contributed by atoms with Gasteiger partial charge in [0.15, 0.2) is 6.61 Å². The molecule has 0 aliphatic rings. The maximum atomic E-state index is 12.5. The van der Waals surface area contributed by atoms with Crippen molar-refractivity contribution in [3.05, 3.63) is 93.7 Å². The number of thiophene rings is 1. The van der Waals surface area contributed by atoms with Gasteiger partial charge in [0, 0.05) is 11.0 Å². The van der Waals surface area contributed by atoms with Crippen molar-refractivity contribution >= 4 is 23.3 Å². The lowest BCUT2D eigenvalue weighted by Gasteiger charge is -2.17. The number of nitrogens with zero attached hydrogens (tertiary/aromatic N) is 1. The molecule has 0 aliphatic carbocycles. The van der Waals surface area contributed by atoms with Crippen LogP contribution in [-0.4, -0.2) is 12.5 Å². The zero-order valence-corrected chi connectivity index (χ0v) is 16.3. The minimum Gasteiger partial charge on any atom is -0.479 e. The molecule has 28 heavy (non-hydrogen) atoms. The molecule has 1 aromatic heterocycles. The molecule has 1 atom stereocenters. The average molecular weight is 388 g/mol. The molecule has 0 saturated heterocycles. The number of nitriles is 1. The number of benzene rings is 2. The van der Waals surface area contributed by atoms with Crippen LogP contribution in [0.1, 0.15) is 27.6 Å². The summed E-state index contributed by atoms with van der Waals surface area (Å²) in [6, 6.07) is 21.2. The Morgan fingerprint density at radius 2 is 1.93 bits per heavy atom. The molecular weight excluding hydrogens is 368 g/mol. The predicted octanol–water partition coefficient (Wildman–Crippen LogP) is 4.88. The Balaban J connectivity index is 1.69. The molecule has 4 nitrogen and oxygen atoms in total. The third kappa shape index (κ3) is 5.32. The quantitative estimate of drug-likeness (QED) is 0.587. The number of carbonyl (C=O) groups is 1. The maximum absolute atomic E-state index is 12.5. The molecule has 0 radical (unpaired) electrons. The van der Waals surface area contributed by atoms with Gasteiger partial charge in [0.2, 0.25) is 5.91 Å². The van der Waals surface area contributed by atoms with Gasteiger partial charge in [0.25, 0.3) is 0 Å². The van der Waals surface area contributed by atoms with Crippen LogP contribution in [0.25, 0.3) is 6.08 Å². The maximum Gasteiger partial charge on any atom is 0.244 e. The Labute approximate surface area is 168 Å². The molecule has 0 saturated carbocycles. The number of amides is 1. The number of nitrogens with one attached hydrogen (secondary N) is 1. The van der Waals surface area contributed by atoms with E-state index in [2.05, 4.69) is 5.32 Å². The molecule has 1 N–H and O–H groups in total. The molecule has 0 fully saturated rings. The van der Waals surface area contributed by atoms with E-state index in [0.29, 0.717) is 5.75 Å². The molecule has 3 aromatic rings. The van der Waals surface area contributed by atoms with E-state index >= 15 is 0 Å². The topological polar surface area (TPSA) is 62.1 Å². The molecule has 2 aromatic carbocycles. The van der Waals surface area contributed by atoms with Crippen molar-refractivity contribution in [2.75, 3.05) is 6.61 Å². The normalized spacial score (nSPS) is 11.7. The Morgan fingerprint density at radius 1 is 1.18 bits per heavy atom. The Hall–Kier alpha value is -3.36. The highest BCUT2D eigenvalue weighted by atomic mass is 32.1. The number of aryl methyl sites for hydroxylation is 1. The highest BCUT2D eigenvalue weighted by Crippen LogP contribution is 2.26. The highest BCUT2D eigenvalue weighted by Gasteiger charge is 2.16. The van der Waals surface area contributed by atoms with Crippen LogP contribution in [0.15, 0.2) is 72.1 Å². The number of hydrogen-bond donors (Lipinski definition) is 1. The highest BCUT2D eigenvalue weighted by molar-refractivity contribution is 7.10. The fraction of sp³-hybridized carbons (Fsp3) is 0.130. The zero-order valence-electron chi connectivity index (χ0n) is 15.5. The Bertz CT molecular complexity index is 969. The van der Waals surface area contributed by atoms with E-state index in [4.69, 9.17) is 10.00 Å². The van der Waals surface area contributed by atoms with Crippen LogP contribution in [-0.2, 0) is 4.79 Å². The van der Waals surface area contributed by atoms with Crippen molar-refractivity contribution in [3.8, 4) is 11.8 Å². The summed E-state index contributed by atoms with van der Waals surface area (Å²) in [5.41, 5.74) is 3.11. The second-order valence-electron chi connectivity index (χ2n) is 6.22. The van der Waals surface area contributed by atoms with Crippen LogP contribution in [0, 0.1) is 18.3 Å². The van der Waals surface area contributed by atoms with Crippen molar-refractivity contribution in [3.63, 3.8) is 0 Å². The van der Waals surface area contributed by atoms with E-state index in [9.17, 15) is 4.79 Å². The van der Waals surface area contributed by atoms with E-state index in [-0.39, 0.29) is 18.6 Å². The fourth-order valence-electron chi connectivity index (χ4n) is 2.69. The first-order valence-corrected chi connectivity index (χ1v) is 9.72. The number of rotatable bonds is 7. The first-order chi connectivity index (χ1) is 13.7. The lowest BCUT2D eigenvalue weighted by molar-refractivity contribution is -0.116. The minimum absolute atomic E-state index is 0.0146. The lowest BCUT2D eigenvalue weighted by atomic mass is 10.0. The smallest absolute Gasteiger partial charge is 0.244 e. The molecule has 1 heterocycles. The van der Waals surface area contributed by atoms with Crippen LogP contribution >= 0.6 is 11.3 Å². The average Bonchev–Trinajstić information content (AvgIpc) is 3.25. The second kappa shape index (κ2) is 9.54. The number of hydrogen-bond acceptors (Lipinski definition) is 4. The van der Waals surface area contributed by atoms with Gasteiger partial charge in [0.05, 0.1) is 6.04 Å².